The van der Waals surface area contributed by atoms with Crippen molar-refractivity contribution in [2.75, 3.05) is 19.6 Å². The first-order chi connectivity index (χ1) is 20.9. The van der Waals surface area contributed by atoms with Gasteiger partial charge in [0.05, 0.1) is 12.2 Å². The third kappa shape index (κ3) is 8.68. The molecule has 0 spiro atoms. The molecule has 266 valence electrons. The lowest BCUT2D eigenvalue weighted by Gasteiger charge is -2.45. The Balaban J connectivity index is 1.50. The first-order valence-corrected chi connectivity index (χ1v) is 24.6. The molecular formula is C39H71F2NO2Si2. The molecule has 1 saturated heterocycles. The summed E-state index contributed by atoms with van der Waals surface area (Å²) >= 11 is 0. The lowest BCUT2D eigenvalue weighted by molar-refractivity contribution is -0.0360. The van der Waals surface area contributed by atoms with Gasteiger partial charge in [-0.2, -0.15) is 0 Å². The first kappa shape index (κ1) is 38.5. The topological polar surface area (TPSA) is 21.7 Å². The molecule has 3 nitrogen and oxygen atoms in total. The van der Waals surface area contributed by atoms with Crippen LogP contribution in [0.2, 0.25) is 36.3 Å². The summed E-state index contributed by atoms with van der Waals surface area (Å²) in [5.41, 5.74) is 3.46. The molecule has 1 aliphatic heterocycles. The van der Waals surface area contributed by atoms with Crippen LogP contribution in [0.5, 0.6) is 0 Å². The summed E-state index contributed by atoms with van der Waals surface area (Å²) in [6.07, 6.45) is 15.4. The summed E-state index contributed by atoms with van der Waals surface area (Å²) < 4.78 is 42.1. The van der Waals surface area contributed by atoms with Crippen molar-refractivity contribution in [3.05, 3.63) is 23.3 Å². The second kappa shape index (κ2) is 13.8. The second-order valence-corrected chi connectivity index (χ2v) is 29.0. The van der Waals surface area contributed by atoms with Crippen molar-refractivity contribution < 1.29 is 17.6 Å². The maximum Gasteiger partial charge on any atom is 0.249 e. The van der Waals surface area contributed by atoms with Crippen molar-refractivity contribution in [3.8, 4) is 0 Å². The molecule has 0 aromatic heterocycles. The summed E-state index contributed by atoms with van der Waals surface area (Å²) in [6.45, 7) is 32.0. The number of allylic oxidation sites excluding steroid dienone is 3. The van der Waals surface area contributed by atoms with Gasteiger partial charge in [0.1, 0.15) is 0 Å². The van der Waals surface area contributed by atoms with Crippen molar-refractivity contribution in [2.45, 2.75) is 174 Å². The highest BCUT2D eigenvalue weighted by Gasteiger charge is 2.51. The summed E-state index contributed by atoms with van der Waals surface area (Å²) in [6, 6.07) is 0. The third-order valence-corrected chi connectivity index (χ3v) is 22.9. The SMILES string of the molecule is C[C@H](CN1CC[C@@H](C(C)(F)F)C1)[C@H]1CC[C@H]2/C(=C/C=C3C[C@@H](O[Si](C)(C)C(C)(C)C)C[C@H](O[Si](C)(C)C(C)(C)C)C3)CCC[C@]12C. The molecule has 7 atom stereocenters. The van der Waals surface area contributed by atoms with E-state index in [1.54, 1.807) is 5.57 Å². The van der Waals surface area contributed by atoms with E-state index in [1.165, 1.54) is 37.7 Å². The van der Waals surface area contributed by atoms with Gasteiger partial charge in [-0.25, -0.2) is 8.78 Å². The third-order valence-electron chi connectivity index (χ3n) is 13.8. The quantitative estimate of drug-likeness (QED) is 0.226. The molecule has 4 rings (SSSR count). The van der Waals surface area contributed by atoms with Gasteiger partial charge in [0.2, 0.25) is 5.92 Å². The molecule has 4 fully saturated rings. The average Bonchev–Trinajstić information content (AvgIpc) is 3.50. The average molecular weight is 680 g/mol. The van der Waals surface area contributed by atoms with Crippen LogP contribution in [-0.2, 0) is 8.85 Å². The normalized spacial score (nSPS) is 33.8. The standard InChI is InChI=1S/C39H71F2NO2Si2/c1-28(26-42-22-20-31(27-42)39(9,40)41)34-18-19-35-30(15-14-21-38(34,35)8)17-16-29-23-32(43-45(10,11)36(2,3)4)25-33(24-29)44-46(12,13)37(5,6)7/h16-17,28,31-35H,14-15,18-27H2,1-13H3/b30-17+/t28-,31-,32-,33-,34-,35+,38-/m1/s1. The maximum atomic E-state index is 14.0. The molecule has 0 amide bonds. The Kier molecular flexibility index (Phi) is 11.5. The number of nitrogens with zero attached hydrogens (tertiary/aromatic N) is 1. The highest BCUT2D eigenvalue weighted by Crippen LogP contribution is 2.59. The highest BCUT2D eigenvalue weighted by atomic mass is 28.4. The van der Waals surface area contributed by atoms with Gasteiger partial charge < -0.3 is 13.8 Å². The largest absolute Gasteiger partial charge is 0.414 e. The van der Waals surface area contributed by atoms with E-state index in [4.69, 9.17) is 8.85 Å². The number of fused-ring (bicyclic) bond motifs is 1. The fraction of sp³-hybridized carbons (Fsp3) is 0.897. The van der Waals surface area contributed by atoms with Gasteiger partial charge in [0, 0.05) is 19.0 Å². The van der Waals surface area contributed by atoms with Crippen molar-refractivity contribution in [1.29, 1.82) is 0 Å². The molecule has 0 N–H and O–H groups in total. The van der Waals surface area contributed by atoms with E-state index in [0.717, 1.165) is 39.3 Å². The molecule has 0 radical (unpaired) electrons. The zero-order valence-electron chi connectivity index (χ0n) is 32.1. The number of hydrogen-bond acceptors (Lipinski definition) is 3. The highest BCUT2D eigenvalue weighted by molar-refractivity contribution is 6.74. The van der Waals surface area contributed by atoms with Crippen LogP contribution in [0.25, 0.3) is 0 Å². The molecule has 3 aliphatic carbocycles. The van der Waals surface area contributed by atoms with Crippen LogP contribution in [0.1, 0.15) is 120 Å². The Morgan fingerprint density at radius 3 is 1.96 bits per heavy atom. The number of rotatable bonds is 9. The summed E-state index contributed by atoms with van der Waals surface area (Å²) in [7, 11) is -3.80. The van der Waals surface area contributed by atoms with Crippen LogP contribution < -0.4 is 0 Å². The monoisotopic (exact) mass is 679 g/mol. The Bertz CT molecular complexity index is 1080. The van der Waals surface area contributed by atoms with Crippen molar-refractivity contribution in [1.82, 2.24) is 4.90 Å². The number of hydrogen-bond donors (Lipinski definition) is 0. The molecule has 0 aromatic rings. The zero-order valence-corrected chi connectivity index (χ0v) is 34.1. The van der Waals surface area contributed by atoms with Crippen molar-refractivity contribution >= 4 is 16.6 Å². The fourth-order valence-electron chi connectivity index (χ4n) is 9.02. The zero-order chi connectivity index (χ0) is 34.5. The Morgan fingerprint density at radius 1 is 0.891 bits per heavy atom. The molecule has 4 aliphatic rings. The van der Waals surface area contributed by atoms with Gasteiger partial charge in [-0.05, 0) is 131 Å². The van der Waals surface area contributed by atoms with Crippen LogP contribution >= 0.6 is 0 Å². The number of likely N-dealkylation sites (tertiary alicyclic amines) is 1. The lowest BCUT2D eigenvalue weighted by Crippen LogP contribution is -2.48. The van der Waals surface area contributed by atoms with E-state index < -0.39 is 28.5 Å². The van der Waals surface area contributed by atoms with Crippen LogP contribution in [-0.4, -0.2) is 59.3 Å². The van der Waals surface area contributed by atoms with Gasteiger partial charge in [-0.1, -0.05) is 78.7 Å². The molecule has 46 heavy (non-hydrogen) atoms. The van der Waals surface area contributed by atoms with Crippen LogP contribution in [0.4, 0.5) is 8.78 Å². The molecule has 0 unspecified atom stereocenters. The molecule has 0 aromatic carbocycles. The first-order valence-electron chi connectivity index (χ1n) is 18.8. The Labute approximate surface area is 285 Å². The van der Waals surface area contributed by atoms with Gasteiger partial charge in [-0.15, -0.1) is 0 Å². The Hall–Kier alpha value is -0.346. The summed E-state index contributed by atoms with van der Waals surface area (Å²) in [5, 5.41) is 0.374. The van der Waals surface area contributed by atoms with E-state index in [-0.39, 0.29) is 22.3 Å². The lowest BCUT2D eigenvalue weighted by atomic mass is 9.61. The van der Waals surface area contributed by atoms with Gasteiger partial charge in [0.25, 0.3) is 0 Å². The van der Waals surface area contributed by atoms with Crippen LogP contribution in [0.3, 0.4) is 0 Å². The number of alkyl halides is 2. The van der Waals surface area contributed by atoms with E-state index in [9.17, 15) is 8.78 Å². The summed E-state index contributed by atoms with van der Waals surface area (Å²) in [4.78, 5) is 2.33. The summed E-state index contributed by atoms with van der Waals surface area (Å²) in [5.74, 6) is -1.21. The van der Waals surface area contributed by atoms with E-state index in [0.29, 0.717) is 36.1 Å². The van der Waals surface area contributed by atoms with Crippen molar-refractivity contribution in [3.63, 3.8) is 0 Å². The fourth-order valence-corrected chi connectivity index (χ4v) is 11.7. The molecular weight excluding hydrogens is 609 g/mol. The van der Waals surface area contributed by atoms with E-state index >= 15 is 0 Å². The Morgan fingerprint density at radius 2 is 1.46 bits per heavy atom. The van der Waals surface area contributed by atoms with E-state index in [1.807, 2.05) is 0 Å². The molecule has 3 saturated carbocycles. The molecule has 7 heteroatoms. The maximum absolute atomic E-state index is 14.0. The van der Waals surface area contributed by atoms with Crippen LogP contribution in [0.15, 0.2) is 23.3 Å². The van der Waals surface area contributed by atoms with Crippen molar-refractivity contribution in [2.24, 2.45) is 29.1 Å². The predicted octanol–water partition coefficient (Wildman–Crippen LogP) is 11.6. The minimum Gasteiger partial charge on any atom is -0.414 e. The second-order valence-electron chi connectivity index (χ2n) is 19.5. The molecule has 0 bridgehead atoms. The van der Waals surface area contributed by atoms with Gasteiger partial charge >= 0.3 is 0 Å². The minimum absolute atomic E-state index is 0.187. The van der Waals surface area contributed by atoms with Crippen LogP contribution in [0, 0.1) is 29.1 Å². The predicted molar refractivity (Wildman–Crippen MR) is 197 cm³/mol. The minimum atomic E-state index is -2.56. The van der Waals surface area contributed by atoms with Gasteiger partial charge in [-0.3, -0.25) is 0 Å². The van der Waals surface area contributed by atoms with Gasteiger partial charge in [0.15, 0.2) is 16.6 Å². The number of halogens is 2. The smallest absolute Gasteiger partial charge is 0.249 e. The van der Waals surface area contributed by atoms with E-state index in [2.05, 4.69) is 98.6 Å². The molecule has 1 heterocycles.